The van der Waals surface area contributed by atoms with E-state index in [4.69, 9.17) is 4.74 Å². The van der Waals surface area contributed by atoms with Gasteiger partial charge >= 0.3 is 5.97 Å². The molecule has 0 fully saturated rings. The molecule has 1 N–H and O–H groups in total. The Morgan fingerprint density at radius 3 is 2.74 bits per heavy atom. The lowest BCUT2D eigenvalue weighted by Gasteiger charge is -2.30. The fraction of sp³-hybridized carbons (Fsp3) is 0.250. The van der Waals surface area contributed by atoms with Crippen LogP contribution in [-0.2, 0) is 17.9 Å². The van der Waals surface area contributed by atoms with Crippen LogP contribution in [0.3, 0.4) is 0 Å². The molecule has 0 bridgehead atoms. The molecule has 5 nitrogen and oxygen atoms in total. The summed E-state index contributed by atoms with van der Waals surface area (Å²) in [5, 5.41) is 13.2. The van der Waals surface area contributed by atoms with Crippen molar-refractivity contribution in [2.45, 2.75) is 20.1 Å². The van der Waals surface area contributed by atoms with Gasteiger partial charge in [0, 0.05) is 29.3 Å². The van der Waals surface area contributed by atoms with E-state index in [1.165, 1.54) is 11.8 Å². The summed E-state index contributed by atoms with van der Waals surface area (Å²) >= 11 is 4.87. The van der Waals surface area contributed by atoms with Gasteiger partial charge in [-0.15, -0.1) is 0 Å². The van der Waals surface area contributed by atoms with Gasteiger partial charge in [0.25, 0.3) is 0 Å². The van der Waals surface area contributed by atoms with E-state index in [0.717, 1.165) is 27.9 Å². The number of thioether (sulfide) groups is 1. The summed E-state index contributed by atoms with van der Waals surface area (Å²) in [5.41, 5.74) is 2.16. The van der Waals surface area contributed by atoms with Crippen molar-refractivity contribution in [2.24, 2.45) is 0 Å². The van der Waals surface area contributed by atoms with E-state index in [2.05, 4.69) is 27.9 Å². The van der Waals surface area contributed by atoms with Crippen LogP contribution in [0.1, 0.15) is 18.1 Å². The van der Waals surface area contributed by atoms with Crippen molar-refractivity contribution in [3.8, 4) is 5.75 Å². The molecule has 0 unspecified atom stereocenters. The van der Waals surface area contributed by atoms with Gasteiger partial charge in [-0.3, -0.25) is 0 Å². The normalized spacial score (nSPS) is 13.7. The molecular formula is C20H21BrN2O3S. The first-order valence-electron chi connectivity index (χ1n) is 8.61. The van der Waals surface area contributed by atoms with Crippen molar-refractivity contribution in [2.75, 3.05) is 12.4 Å². The zero-order chi connectivity index (χ0) is 19.2. The summed E-state index contributed by atoms with van der Waals surface area (Å²) < 4.78 is 7.05. The number of hydrazine groups is 1. The largest absolute Gasteiger partial charge is 0.489 e. The molecule has 0 atom stereocenters. The molecular weight excluding hydrogens is 428 g/mol. The molecule has 0 saturated carbocycles. The molecule has 1 aliphatic rings. The van der Waals surface area contributed by atoms with E-state index < -0.39 is 5.97 Å². The second kappa shape index (κ2) is 9.30. The number of hydrogen-bond acceptors (Lipinski definition) is 5. The highest BCUT2D eigenvalue weighted by Gasteiger charge is 2.23. The minimum absolute atomic E-state index is 0.364. The molecule has 0 radical (unpaired) electrons. The SMILES string of the molecule is CCN(Cc1cc(Br)ccc1OCc1ccccc1)N1C=C(C(=O)O)SC1. The number of halogens is 1. The molecule has 0 aromatic heterocycles. The van der Waals surface area contributed by atoms with Crippen LogP contribution in [0.25, 0.3) is 0 Å². The number of carbonyl (C=O) groups is 1. The smallest absolute Gasteiger partial charge is 0.343 e. The molecule has 0 amide bonds. The van der Waals surface area contributed by atoms with Crippen molar-refractivity contribution >= 4 is 33.7 Å². The van der Waals surface area contributed by atoms with E-state index in [1.54, 1.807) is 6.20 Å². The lowest BCUT2D eigenvalue weighted by molar-refractivity contribution is -0.131. The Hall–Kier alpha value is -1.96. The third kappa shape index (κ3) is 5.28. The Kier molecular flexibility index (Phi) is 6.82. The number of carboxylic acid groups (broad SMARTS) is 1. The minimum Gasteiger partial charge on any atom is -0.489 e. The predicted octanol–water partition coefficient (Wildman–Crippen LogP) is 4.70. The van der Waals surface area contributed by atoms with E-state index in [-0.39, 0.29) is 0 Å². The van der Waals surface area contributed by atoms with Gasteiger partial charge in [0.2, 0.25) is 0 Å². The molecule has 0 saturated heterocycles. The van der Waals surface area contributed by atoms with Crippen molar-refractivity contribution in [3.05, 3.63) is 75.2 Å². The Balaban J connectivity index is 1.74. The van der Waals surface area contributed by atoms with Crippen LogP contribution in [0, 0.1) is 0 Å². The van der Waals surface area contributed by atoms with E-state index in [9.17, 15) is 9.90 Å². The van der Waals surface area contributed by atoms with Crippen LogP contribution in [0.4, 0.5) is 0 Å². The van der Waals surface area contributed by atoms with E-state index in [0.29, 0.717) is 23.9 Å². The number of rotatable bonds is 8. The van der Waals surface area contributed by atoms with Crippen LogP contribution in [0.15, 0.2) is 64.1 Å². The molecule has 2 aromatic rings. The average Bonchev–Trinajstić information content (AvgIpc) is 3.16. The predicted molar refractivity (Wildman–Crippen MR) is 111 cm³/mol. The quantitative estimate of drug-likeness (QED) is 0.631. The fourth-order valence-corrected chi connectivity index (χ4v) is 3.99. The molecule has 3 rings (SSSR count). The van der Waals surface area contributed by atoms with Crippen molar-refractivity contribution < 1.29 is 14.6 Å². The number of benzene rings is 2. The Labute approximate surface area is 171 Å². The van der Waals surface area contributed by atoms with Crippen LogP contribution in [-0.4, -0.2) is 33.5 Å². The molecule has 27 heavy (non-hydrogen) atoms. The minimum atomic E-state index is -0.882. The summed E-state index contributed by atoms with van der Waals surface area (Å²) in [7, 11) is 0. The van der Waals surface area contributed by atoms with E-state index in [1.807, 2.05) is 53.5 Å². The summed E-state index contributed by atoms with van der Waals surface area (Å²) in [6, 6.07) is 16.0. The first-order chi connectivity index (χ1) is 13.1. The van der Waals surface area contributed by atoms with Crippen molar-refractivity contribution in [3.63, 3.8) is 0 Å². The lowest BCUT2D eigenvalue weighted by atomic mass is 10.2. The molecule has 7 heteroatoms. The fourth-order valence-electron chi connectivity index (χ4n) is 2.75. The average molecular weight is 449 g/mol. The molecule has 2 aromatic carbocycles. The van der Waals surface area contributed by atoms with Crippen LogP contribution in [0.2, 0.25) is 0 Å². The lowest BCUT2D eigenvalue weighted by Crippen LogP contribution is -2.36. The van der Waals surface area contributed by atoms with Crippen LogP contribution < -0.4 is 4.74 Å². The third-order valence-corrected chi connectivity index (χ3v) is 5.65. The van der Waals surface area contributed by atoms with Gasteiger partial charge in [-0.2, -0.15) is 0 Å². The Bertz CT molecular complexity index is 829. The van der Waals surface area contributed by atoms with Crippen LogP contribution >= 0.6 is 27.7 Å². The maximum atomic E-state index is 11.2. The maximum Gasteiger partial charge on any atom is 0.343 e. The number of ether oxygens (including phenoxy) is 1. The van der Waals surface area contributed by atoms with Crippen molar-refractivity contribution in [1.29, 1.82) is 0 Å². The Morgan fingerprint density at radius 2 is 2.07 bits per heavy atom. The first-order valence-corrected chi connectivity index (χ1v) is 10.4. The molecule has 0 spiro atoms. The monoisotopic (exact) mass is 448 g/mol. The third-order valence-electron chi connectivity index (χ3n) is 4.17. The van der Waals surface area contributed by atoms with Gasteiger partial charge in [-0.1, -0.05) is 64.9 Å². The number of hydrogen-bond donors (Lipinski definition) is 1. The van der Waals surface area contributed by atoms with Gasteiger partial charge in [0.1, 0.15) is 17.3 Å². The second-order valence-electron chi connectivity index (χ2n) is 6.02. The van der Waals surface area contributed by atoms with Gasteiger partial charge in [-0.05, 0) is 23.8 Å². The summed E-state index contributed by atoms with van der Waals surface area (Å²) in [6.45, 7) is 3.95. The highest BCUT2D eigenvalue weighted by molar-refractivity contribution is 9.10. The standard InChI is InChI=1S/C20H21BrN2O3S/c1-2-22(23-12-19(20(24)25)27-14-23)11-16-10-17(21)8-9-18(16)26-13-15-6-4-3-5-7-15/h3-10,12H,2,11,13-14H2,1H3,(H,24,25). The highest BCUT2D eigenvalue weighted by Crippen LogP contribution is 2.30. The molecule has 1 aliphatic heterocycles. The molecule has 0 aliphatic carbocycles. The highest BCUT2D eigenvalue weighted by atomic mass is 79.9. The number of aliphatic carboxylic acids is 1. The maximum absolute atomic E-state index is 11.2. The summed E-state index contributed by atoms with van der Waals surface area (Å²) in [5.74, 6) is 0.548. The molecule has 1 heterocycles. The van der Waals surface area contributed by atoms with Crippen molar-refractivity contribution in [1.82, 2.24) is 10.0 Å². The van der Waals surface area contributed by atoms with E-state index >= 15 is 0 Å². The van der Waals surface area contributed by atoms with Gasteiger partial charge in [-0.25, -0.2) is 9.80 Å². The number of nitrogens with zero attached hydrogens (tertiary/aromatic N) is 2. The first kappa shape index (κ1) is 19.8. The summed E-state index contributed by atoms with van der Waals surface area (Å²) in [4.78, 5) is 11.5. The zero-order valence-corrected chi connectivity index (χ0v) is 17.4. The van der Waals surface area contributed by atoms with Gasteiger partial charge in [0.05, 0.1) is 5.88 Å². The molecule has 142 valence electrons. The topological polar surface area (TPSA) is 53.0 Å². The summed E-state index contributed by atoms with van der Waals surface area (Å²) in [6.07, 6.45) is 1.69. The second-order valence-corrected chi connectivity index (χ2v) is 7.92. The number of carboxylic acids is 1. The zero-order valence-electron chi connectivity index (χ0n) is 15.0. The van der Waals surface area contributed by atoms with Crippen LogP contribution in [0.5, 0.6) is 5.75 Å². The van der Waals surface area contributed by atoms with Gasteiger partial charge in [0.15, 0.2) is 0 Å². The Morgan fingerprint density at radius 1 is 1.30 bits per heavy atom. The van der Waals surface area contributed by atoms with Gasteiger partial charge < -0.3 is 14.9 Å².